The molecule has 0 atom stereocenters. The Kier molecular flexibility index (Phi) is 31.5. The first-order chi connectivity index (χ1) is 30.6. The van der Waals surface area contributed by atoms with E-state index < -0.39 is 30.8 Å². The first-order valence-corrected chi connectivity index (χ1v) is 21.5. The molecule has 0 spiro atoms. The van der Waals surface area contributed by atoms with E-state index in [0.717, 1.165) is 34.4 Å². The molecule has 6 aromatic carbocycles. The molecule has 0 radical (unpaired) electrons. The number of primary sulfonamides is 2. The molecule has 24 heteroatoms. The van der Waals surface area contributed by atoms with Crippen LogP contribution in [0.25, 0.3) is 22.3 Å². The molecule has 0 fully saturated rings. The summed E-state index contributed by atoms with van der Waals surface area (Å²) in [6.45, 7) is -0.181. The molecular formula is C45H42FK2N6NaO12S2. The van der Waals surface area contributed by atoms with E-state index in [9.17, 15) is 35.9 Å². The van der Waals surface area contributed by atoms with Crippen LogP contribution in [-0.2, 0) is 29.7 Å². The molecule has 0 bridgehead atoms. The number of rotatable bonds is 9. The summed E-state index contributed by atoms with van der Waals surface area (Å²) in [6, 6.07) is 39.1. The zero-order valence-corrected chi connectivity index (χ0v) is 48.3. The largest absolute Gasteiger partial charge is 1.00 e. The van der Waals surface area contributed by atoms with Gasteiger partial charge in [-0.25, -0.2) is 31.5 Å². The molecule has 346 valence electrons. The van der Waals surface area contributed by atoms with Gasteiger partial charge in [0.25, 0.3) is 18.3 Å². The molecule has 0 saturated heterocycles. The smallest absolute Gasteiger partial charge is 1.00 e. The van der Waals surface area contributed by atoms with Crippen molar-refractivity contribution >= 4 is 38.3 Å². The monoisotopic (exact) mass is 1040 g/mol. The zero-order valence-electron chi connectivity index (χ0n) is 39.4. The van der Waals surface area contributed by atoms with E-state index in [4.69, 9.17) is 35.6 Å². The van der Waals surface area contributed by atoms with Crippen LogP contribution < -0.4 is 153 Å². The van der Waals surface area contributed by atoms with E-state index in [1.54, 1.807) is 99.8 Å². The third-order valence-electron chi connectivity index (χ3n) is 8.44. The van der Waals surface area contributed by atoms with Gasteiger partial charge in [-0.05, 0) is 107 Å². The van der Waals surface area contributed by atoms with Crippen molar-refractivity contribution in [1.82, 2.24) is 9.80 Å². The Morgan fingerprint density at radius 1 is 0.667 bits per heavy atom. The summed E-state index contributed by atoms with van der Waals surface area (Å²) >= 11 is 0. The summed E-state index contributed by atoms with van der Waals surface area (Å²) in [6.07, 6.45) is 0. The number of phenolic OH excluding ortho intramolecular Hbond substituents is 1. The van der Waals surface area contributed by atoms with Crippen molar-refractivity contribution in [2.24, 2.45) is 10.3 Å². The second kappa shape index (κ2) is 32.3. The minimum atomic E-state index is -4.09. The van der Waals surface area contributed by atoms with E-state index in [2.05, 4.69) is 4.89 Å². The summed E-state index contributed by atoms with van der Waals surface area (Å²) < 4.78 is 63.9. The van der Waals surface area contributed by atoms with Crippen molar-refractivity contribution < 1.29 is 195 Å². The van der Waals surface area contributed by atoms with Crippen LogP contribution in [0.4, 0.5) is 4.39 Å². The maximum absolute atomic E-state index is 12.8. The number of halogens is 1. The third kappa shape index (κ3) is 21.6. The summed E-state index contributed by atoms with van der Waals surface area (Å²) in [5, 5.41) is 45.2. The van der Waals surface area contributed by atoms with Gasteiger partial charge in [-0.3, -0.25) is 14.4 Å². The summed E-state index contributed by atoms with van der Waals surface area (Å²) in [4.78, 5) is 37.1. The number of hydrogen-bond donors (Lipinski definition) is 3. The topological polar surface area (TPSA) is 317 Å². The Morgan fingerprint density at radius 2 is 1.07 bits per heavy atom. The zero-order chi connectivity index (χ0) is 48.5. The molecule has 0 aliphatic carbocycles. The van der Waals surface area contributed by atoms with Crippen molar-refractivity contribution in [1.29, 1.82) is 10.5 Å². The molecule has 69 heavy (non-hydrogen) atoms. The Balaban J connectivity index is -0.000000964. The van der Waals surface area contributed by atoms with Crippen LogP contribution in [-0.4, -0.2) is 83.7 Å². The fraction of sp³-hybridized carbons (Fsp3) is 0.0889. The van der Waals surface area contributed by atoms with Gasteiger partial charge in [0.1, 0.15) is 32.9 Å². The van der Waals surface area contributed by atoms with E-state index in [1.807, 2.05) is 42.5 Å². The molecule has 0 aliphatic rings. The Bertz CT molecular complexity index is 2980. The predicted octanol–water partition coefficient (Wildman–Crippen LogP) is -4.15. The minimum Gasteiger partial charge on any atom is -1.00 e. The molecule has 6 N–H and O–H groups in total. The molecule has 6 aromatic rings. The van der Waals surface area contributed by atoms with E-state index >= 15 is 0 Å². The van der Waals surface area contributed by atoms with Gasteiger partial charge in [0.2, 0.25) is 20.0 Å². The van der Waals surface area contributed by atoms with Gasteiger partial charge in [-0.15, -0.1) is 0 Å². The molecule has 18 nitrogen and oxygen atoms in total. The van der Waals surface area contributed by atoms with Crippen LogP contribution in [0.2, 0.25) is 0 Å². The maximum atomic E-state index is 12.8. The fourth-order valence-electron chi connectivity index (χ4n) is 5.35. The molecule has 0 aliphatic heterocycles. The van der Waals surface area contributed by atoms with Crippen molar-refractivity contribution in [3.8, 4) is 51.6 Å². The third-order valence-corrected chi connectivity index (χ3v) is 10.3. The van der Waals surface area contributed by atoms with Crippen LogP contribution in [0.5, 0.6) is 17.2 Å². The SMILES string of the molecule is CN(C)C(=O)c1ccc(-c2cccc(O)c2)cc1.CN(C)C(=O)c1ccc(-c2cccc(Oc3ccc(C#N)cc3S(N)(=O)=O)c2)cc1.N#Cc1ccc(F)c(S(N)(=O)=O)c1.O=CO[O-].[H-].[K+].[K+].[Na+].[OH-]. The van der Waals surface area contributed by atoms with Crippen molar-refractivity contribution in [2.45, 2.75) is 9.79 Å². The molecule has 0 saturated carbocycles. The number of aromatic hydroxyl groups is 1. The van der Waals surface area contributed by atoms with Gasteiger partial charge in [-0.2, -0.15) is 10.5 Å². The Hall–Kier alpha value is -3.75. The average molecular weight is 1040 g/mol. The molecule has 2 amide bonds. The first kappa shape index (κ1) is 67.3. The van der Waals surface area contributed by atoms with Crippen LogP contribution in [0.3, 0.4) is 0 Å². The predicted molar refractivity (Wildman–Crippen MR) is 237 cm³/mol. The van der Waals surface area contributed by atoms with Gasteiger partial charge in [-0.1, -0.05) is 48.5 Å². The number of nitriles is 2. The summed E-state index contributed by atoms with van der Waals surface area (Å²) in [7, 11) is -1.34. The van der Waals surface area contributed by atoms with Crippen molar-refractivity contribution in [3.05, 3.63) is 162 Å². The number of nitrogens with two attached hydrogens (primary N) is 2. The molecule has 0 heterocycles. The molecule has 0 aromatic heterocycles. The number of benzene rings is 6. The van der Waals surface area contributed by atoms with E-state index in [-0.39, 0.29) is 185 Å². The van der Waals surface area contributed by atoms with Gasteiger partial charge in [0.05, 0.1) is 23.3 Å². The number of sulfonamides is 2. The van der Waals surface area contributed by atoms with E-state index in [1.165, 1.54) is 29.2 Å². The number of carbonyl (C=O) groups excluding carboxylic acids is 3. The fourth-order valence-corrected chi connectivity index (χ4v) is 6.67. The molecular weight excluding hydrogens is 1000 g/mol. The van der Waals surface area contributed by atoms with Gasteiger partial charge in [0, 0.05) is 39.3 Å². The quantitative estimate of drug-likeness (QED) is 0.0536. The molecule has 6 rings (SSSR count). The number of nitrogens with zero attached hydrogens (tertiary/aromatic N) is 4. The first-order valence-electron chi connectivity index (χ1n) is 18.4. The van der Waals surface area contributed by atoms with Crippen LogP contribution in [0.1, 0.15) is 33.3 Å². The van der Waals surface area contributed by atoms with Gasteiger partial charge < -0.3 is 36.7 Å². The number of hydrogen-bond acceptors (Lipinski definition) is 14. The van der Waals surface area contributed by atoms with E-state index in [0.29, 0.717) is 16.9 Å². The van der Waals surface area contributed by atoms with Crippen LogP contribution in [0.15, 0.2) is 143 Å². The second-order valence-corrected chi connectivity index (χ2v) is 16.6. The van der Waals surface area contributed by atoms with Crippen LogP contribution in [0, 0.1) is 28.5 Å². The average Bonchev–Trinajstić information content (AvgIpc) is 3.28. The number of phenols is 1. The van der Waals surface area contributed by atoms with Crippen molar-refractivity contribution in [3.63, 3.8) is 0 Å². The van der Waals surface area contributed by atoms with Gasteiger partial charge in [0.15, 0.2) is 0 Å². The minimum absolute atomic E-state index is 0. The Labute approximate surface area is 507 Å². The van der Waals surface area contributed by atoms with Crippen molar-refractivity contribution in [2.75, 3.05) is 28.2 Å². The summed E-state index contributed by atoms with van der Waals surface area (Å²) in [5.74, 6) is -0.397. The summed E-state index contributed by atoms with van der Waals surface area (Å²) in [5.41, 5.74) is 5.03. The number of ether oxygens (including phenoxy) is 1. The van der Waals surface area contributed by atoms with Gasteiger partial charge >= 0.3 is 132 Å². The normalized spacial score (nSPS) is 9.71. The maximum Gasteiger partial charge on any atom is 1.00 e. The Morgan fingerprint density at radius 3 is 1.46 bits per heavy atom. The van der Waals surface area contributed by atoms with Crippen LogP contribution >= 0.6 is 0 Å². The number of amides is 2. The second-order valence-electron chi connectivity index (χ2n) is 13.5. The standard InChI is InChI=1S/C22H19N3O4S.C15H15NO2.C7H5FN2O2S.CH2O3.2K.Na.H2O.H/c1-25(2)22(26)17-9-7-16(8-10-17)18-4-3-5-19(13-18)29-20-11-6-15(14-23)12-21(20)30(24,27)28;1-16(2)15(18)12-8-6-11(7-9-12)13-4-3-5-14(17)10-13;8-6-2-1-5(4-9)3-7(6)13(10,11)12;2-1-4-3;;;;;/h3-13H,1-2H3,(H2,24,27,28);3-10,17H,1-2H3;1-3H,(H2,10,11,12);1,3H;;;;1H2;/q;;;;3*+1;;-1/p-2. The molecule has 0 unspecified atom stereocenters. The number of carbonyl (C=O) groups is 3.